The van der Waals surface area contributed by atoms with Gasteiger partial charge in [-0.05, 0) is 56.2 Å². The minimum Gasteiger partial charge on any atom is -0.481 e. The van der Waals surface area contributed by atoms with Gasteiger partial charge in [0.1, 0.15) is 5.75 Å². The number of para-hydroxylation sites is 1. The highest BCUT2D eigenvalue weighted by atomic mass is 16.5. The molecule has 4 heteroatoms. The molecule has 0 radical (unpaired) electrons. The van der Waals surface area contributed by atoms with Crippen molar-refractivity contribution < 1.29 is 9.53 Å². The summed E-state index contributed by atoms with van der Waals surface area (Å²) in [5.41, 5.74) is 3.38. The quantitative estimate of drug-likeness (QED) is 0.848. The monoisotopic (exact) mass is 326 g/mol. The molecule has 2 rings (SSSR count). The van der Waals surface area contributed by atoms with Gasteiger partial charge in [-0.2, -0.15) is 0 Å². The molecule has 4 nitrogen and oxygen atoms in total. The van der Waals surface area contributed by atoms with E-state index in [1.807, 2.05) is 63.4 Å². The van der Waals surface area contributed by atoms with Crippen molar-refractivity contribution in [1.82, 2.24) is 5.32 Å². The highest BCUT2D eigenvalue weighted by Gasteiger charge is 2.14. The van der Waals surface area contributed by atoms with Gasteiger partial charge < -0.3 is 15.0 Å². The molecule has 1 amide bonds. The van der Waals surface area contributed by atoms with Gasteiger partial charge in [0.2, 0.25) is 0 Å². The lowest BCUT2D eigenvalue weighted by molar-refractivity contribution is -0.127. The van der Waals surface area contributed by atoms with E-state index in [-0.39, 0.29) is 5.91 Å². The second-order valence-electron chi connectivity index (χ2n) is 6.13. The van der Waals surface area contributed by atoms with Crippen molar-refractivity contribution in [1.29, 1.82) is 0 Å². The lowest BCUT2D eigenvalue weighted by atomic mass is 10.1. The van der Waals surface area contributed by atoms with Crippen LogP contribution in [0, 0.1) is 13.8 Å². The van der Waals surface area contributed by atoms with Crippen molar-refractivity contribution in [3.8, 4) is 5.75 Å². The van der Waals surface area contributed by atoms with E-state index in [2.05, 4.69) is 16.3 Å². The molecule has 0 saturated carbocycles. The molecule has 0 heterocycles. The van der Waals surface area contributed by atoms with E-state index in [1.54, 1.807) is 6.92 Å². The van der Waals surface area contributed by atoms with Crippen molar-refractivity contribution in [2.45, 2.75) is 26.9 Å². The van der Waals surface area contributed by atoms with E-state index < -0.39 is 6.10 Å². The van der Waals surface area contributed by atoms with E-state index >= 15 is 0 Å². The number of anilines is 1. The molecule has 0 aliphatic rings. The number of amides is 1. The van der Waals surface area contributed by atoms with Crippen molar-refractivity contribution in [2.75, 3.05) is 25.0 Å². The fourth-order valence-electron chi connectivity index (χ4n) is 2.56. The van der Waals surface area contributed by atoms with E-state index in [4.69, 9.17) is 4.74 Å². The van der Waals surface area contributed by atoms with E-state index in [0.29, 0.717) is 6.54 Å². The first-order valence-corrected chi connectivity index (χ1v) is 8.24. The molecule has 0 aliphatic heterocycles. The number of nitrogens with zero attached hydrogens (tertiary/aromatic N) is 1. The van der Waals surface area contributed by atoms with E-state index in [0.717, 1.165) is 29.1 Å². The van der Waals surface area contributed by atoms with Gasteiger partial charge in [0.25, 0.3) is 5.91 Å². The summed E-state index contributed by atoms with van der Waals surface area (Å²) in [5.74, 6) is 0.632. The van der Waals surface area contributed by atoms with Crippen LogP contribution in [0.3, 0.4) is 0 Å². The highest BCUT2D eigenvalue weighted by Crippen LogP contribution is 2.17. The number of benzene rings is 2. The zero-order chi connectivity index (χ0) is 17.5. The third-order valence-corrected chi connectivity index (χ3v) is 3.82. The number of rotatable bonds is 7. The second-order valence-corrected chi connectivity index (χ2v) is 6.13. The maximum atomic E-state index is 12.2. The number of nitrogens with one attached hydrogen (secondary N) is 1. The Morgan fingerprint density at radius 3 is 2.38 bits per heavy atom. The van der Waals surface area contributed by atoms with Gasteiger partial charge in [-0.25, -0.2) is 0 Å². The molecule has 1 atom stereocenters. The molecule has 2 aromatic carbocycles. The summed E-state index contributed by atoms with van der Waals surface area (Å²) in [5, 5.41) is 2.93. The molecule has 1 N–H and O–H groups in total. The van der Waals surface area contributed by atoms with Gasteiger partial charge >= 0.3 is 0 Å². The predicted molar refractivity (Wildman–Crippen MR) is 98.7 cm³/mol. The molecule has 0 aliphatic carbocycles. The van der Waals surface area contributed by atoms with Crippen LogP contribution in [0.4, 0.5) is 5.69 Å². The SMILES string of the molecule is Cc1cc(C)cc(OC(C)C(=O)NCCN(C)c2ccccc2)c1. The maximum absolute atomic E-state index is 12.2. The van der Waals surface area contributed by atoms with Crippen LogP contribution >= 0.6 is 0 Å². The second kappa shape index (κ2) is 8.39. The number of likely N-dealkylation sites (N-methyl/N-ethyl adjacent to an activating group) is 1. The van der Waals surface area contributed by atoms with E-state index in [9.17, 15) is 4.79 Å². The van der Waals surface area contributed by atoms with Crippen LogP contribution in [0.15, 0.2) is 48.5 Å². The van der Waals surface area contributed by atoms with Crippen LogP contribution in [-0.4, -0.2) is 32.1 Å². The zero-order valence-corrected chi connectivity index (χ0v) is 14.9. The number of ether oxygens (including phenoxy) is 1. The van der Waals surface area contributed by atoms with Crippen LogP contribution in [-0.2, 0) is 4.79 Å². The fraction of sp³-hybridized carbons (Fsp3) is 0.350. The number of hydrogen-bond acceptors (Lipinski definition) is 3. The summed E-state index contributed by atoms with van der Waals surface area (Å²) in [7, 11) is 2.01. The molecule has 128 valence electrons. The zero-order valence-electron chi connectivity index (χ0n) is 14.9. The van der Waals surface area contributed by atoms with Crippen LogP contribution in [0.5, 0.6) is 5.75 Å². The van der Waals surface area contributed by atoms with Gasteiger partial charge in [-0.3, -0.25) is 4.79 Å². The fourth-order valence-corrected chi connectivity index (χ4v) is 2.56. The molecule has 1 unspecified atom stereocenters. The molecular weight excluding hydrogens is 300 g/mol. The Morgan fingerprint density at radius 1 is 1.12 bits per heavy atom. The van der Waals surface area contributed by atoms with Crippen molar-refractivity contribution in [2.24, 2.45) is 0 Å². The predicted octanol–water partition coefficient (Wildman–Crippen LogP) is 3.32. The summed E-state index contributed by atoms with van der Waals surface area (Å²) < 4.78 is 5.75. The van der Waals surface area contributed by atoms with Crippen LogP contribution in [0.1, 0.15) is 18.1 Å². The molecule has 2 aromatic rings. The Labute approximate surface area is 144 Å². The summed E-state index contributed by atoms with van der Waals surface area (Å²) in [6, 6.07) is 16.1. The third-order valence-electron chi connectivity index (χ3n) is 3.82. The first-order chi connectivity index (χ1) is 11.5. The summed E-state index contributed by atoms with van der Waals surface area (Å²) in [6.45, 7) is 7.12. The Hall–Kier alpha value is -2.49. The molecule has 0 bridgehead atoms. The lowest BCUT2D eigenvalue weighted by Gasteiger charge is -2.20. The lowest BCUT2D eigenvalue weighted by Crippen LogP contribution is -2.40. The smallest absolute Gasteiger partial charge is 0.260 e. The minimum atomic E-state index is -0.520. The minimum absolute atomic E-state index is 0.101. The molecule has 0 aromatic heterocycles. The summed E-state index contributed by atoms with van der Waals surface area (Å²) in [4.78, 5) is 14.3. The average Bonchev–Trinajstić information content (AvgIpc) is 2.54. The van der Waals surface area contributed by atoms with Crippen molar-refractivity contribution >= 4 is 11.6 Å². The number of hydrogen-bond donors (Lipinski definition) is 1. The van der Waals surface area contributed by atoms with Gasteiger partial charge in [-0.15, -0.1) is 0 Å². The molecule has 0 fully saturated rings. The largest absolute Gasteiger partial charge is 0.481 e. The number of carbonyl (C=O) groups is 1. The summed E-state index contributed by atoms with van der Waals surface area (Å²) >= 11 is 0. The normalized spacial score (nSPS) is 11.7. The van der Waals surface area contributed by atoms with Crippen molar-refractivity contribution in [3.63, 3.8) is 0 Å². The Kier molecular flexibility index (Phi) is 6.24. The Bertz CT molecular complexity index is 650. The van der Waals surface area contributed by atoms with Crippen LogP contribution in [0.2, 0.25) is 0 Å². The van der Waals surface area contributed by atoms with Crippen LogP contribution in [0.25, 0.3) is 0 Å². The third kappa shape index (κ3) is 5.30. The Balaban J connectivity index is 1.79. The number of aryl methyl sites for hydroxylation is 2. The maximum Gasteiger partial charge on any atom is 0.260 e. The highest BCUT2D eigenvalue weighted by molar-refractivity contribution is 5.80. The average molecular weight is 326 g/mol. The molecule has 0 saturated heterocycles. The topological polar surface area (TPSA) is 41.6 Å². The van der Waals surface area contributed by atoms with Gasteiger partial charge in [-0.1, -0.05) is 24.3 Å². The van der Waals surface area contributed by atoms with Gasteiger partial charge in [0.05, 0.1) is 0 Å². The summed E-state index contributed by atoms with van der Waals surface area (Å²) in [6.07, 6.45) is -0.520. The number of carbonyl (C=O) groups excluding carboxylic acids is 1. The van der Waals surface area contributed by atoms with Gasteiger partial charge in [0.15, 0.2) is 6.10 Å². The Morgan fingerprint density at radius 2 is 1.75 bits per heavy atom. The van der Waals surface area contributed by atoms with Gasteiger partial charge in [0, 0.05) is 25.8 Å². The molecule has 24 heavy (non-hydrogen) atoms. The molecule has 0 spiro atoms. The standard InChI is InChI=1S/C20H26N2O2/c1-15-12-16(2)14-19(13-15)24-17(3)20(23)21-10-11-22(4)18-8-6-5-7-9-18/h5-9,12-14,17H,10-11H2,1-4H3,(H,21,23). The molecular formula is C20H26N2O2. The van der Waals surface area contributed by atoms with Crippen molar-refractivity contribution in [3.05, 3.63) is 59.7 Å². The first kappa shape index (κ1) is 17.9. The van der Waals surface area contributed by atoms with E-state index in [1.165, 1.54) is 0 Å². The first-order valence-electron chi connectivity index (χ1n) is 8.24. The van der Waals surface area contributed by atoms with Crippen LogP contribution < -0.4 is 15.0 Å².